The molecule has 64 valence electrons. The van der Waals surface area contributed by atoms with Gasteiger partial charge in [-0.25, -0.2) is 5.48 Å². The van der Waals surface area contributed by atoms with E-state index in [0.717, 1.165) is 5.56 Å². The predicted molar refractivity (Wildman–Crippen MR) is 43.4 cm³/mol. The largest absolute Gasteiger partial charge is 0.277 e. The number of hydrogen-bond acceptors (Lipinski definition) is 3. The van der Waals surface area contributed by atoms with Crippen molar-refractivity contribution in [3.05, 3.63) is 29.6 Å². The minimum Gasteiger partial charge on any atom is -0.277 e. The normalized spacial score (nSPS) is 9.50. The van der Waals surface area contributed by atoms with Gasteiger partial charge in [0.25, 0.3) is 5.91 Å². The molecule has 1 amide bonds. The first kappa shape index (κ1) is 8.67. The van der Waals surface area contributed by atoms with Crippen molar-refractivity contribution in [2.24, 2.45) is 0 Å². The van der Waals surface area contributed by atoms with Crippen LogP contribution >= 0.6 is 0 Å². The van der Waals surface area contributed by atoms with Crippen LogP contribution in [-0.2, 0) is 4.84 Å². The van der Waals surface area contributed by atoms with Crippen molar-refractivity contribution in [3.8, 4) is 0 Å². The lowest BCUT2D eigenvalue weighted by Crippen LogP contribution is -2.21. The smallest absolute Gasteiger partial charge is 0.276 e. The summed E-state index contributed by atoms with van der Waals surface area (Å²) in [5, 5.41) is 0. The van der Waals surface area contributed by atoms with Crippen molar-refractivity contribution in [1.29, 1.82) is 0 Å². The summed E-state index contributed by atoms with van der Waals surface area (Å²) in [6.45, 7) is 1.87. The second-order valence-corrected chi connectivity index (χ2v) is 2.39. The molecule has 0 aliphatic rings. The Kier molecular flexibility index (Phi) is 2.76. The molecule has 1 N–H and O–H groups in total. The van der Waals surface area contributed by atoms with E-state index in [0.29, 0.717) is 5.56 Å². The molecule has 0 aromatic carbocycles. The summed E-state index contributed by atoms with van der Waals surface area (Å²) in [4.78, 5) is 19.5. The number of carbonyl (C=O) groups is 1. The molecule has 12 heavy (non-hydrogen) atoms. The van der Waals surface area contributed by atoms with E-state index >= 15 is 0 Å². The van der Waals surface area contributed by atoms with Crippen LogP contribution in [0.2, 0.25) is 0 Å². The van der Waals surface area contributed by atoms with Gasteiger partial charge in [-0.3, -0.25) is 14.6 Å². The van der Waals surface area contributed by atoms with Crippen molar-refractivity contribution < 1.29 is 9.63 Å². The number of aromatic nitrogens is 1. The highest BCUT2D eigenvalue weighted by Crippen LogP contribution is 2.00. The van der Waals surface area contributed by atoms with Crippen LogP contribution in [0.25, 0.3) is 0 Å². The molecule has 0 spiro atoms. The van der Waals surface area contributed by atoms with Gasteiger partial charge in [0.2, 0.25) is 0 Å². The number of nitrogens with zero attached hydrogens (tertiary/aromatic N) is 1. The summed E-state index contributed by atoms with van der Waals surface area (Å²) in [5.41, 5.74) is 3.65. The number of amides is 1. The van der Waals surface area contributed by atoms with E-state index in [1.165, 1.54) is 13.3 Å². The van der Waals surface area contributed by atoms with E-state index in [1.54, 1.807) is 12.3 Å². The second-order valence-electron chi connectivity index (χ2n) is 2.39. The monoisotopic (exact) mass is 166 g/mol. The first-order valence-electron chi connectivity index (χ1n) is 3.49. The van der Waals surface area contributed by atoms with Crippen LogP contribution in [-0.4, -0.2) is 18.0 Å². The van der Waals surface area contributed by atoms with Crippen LogP contribution < -0.4 is 5.48 Å². The molecule has 1 aromatic rings. The van der Waals surface area contributed by atoms with Gasteiger partial charge in [-0.05, 0) is 18.6 Å². The fraction of sp³-hybridized carbons (Fsp3) is 0.250. The first-order valence-corrected chi connectivity index (χ1v) is 3.49. The fourth-order valence-electron chi connectivity index (χ4n) is 0.831. The van der Waals surface area contributed by atoms with Gasteiger partial charge >= 0.3 is 0 Å². The molecule has 4 heteroatoms. The standard InChI is InChI=1S/C8H10N2O2/c1-6-3-7(5-9-4-6)8(11)10-12-2/h3-5H,1-2H3,(H,10,11). The van der Waals surface area contributed by atoms with E-state index in [2.05, 4.69) is 15.3 Å². The molecule has 4 nitrogen and oxygen atoms in total. The Balaban J connectivity index is 2.81. The quantitative estimate of drug-likeness (QED) is 0.657. The highest BCUT2D eigenvalue weighted by atomic mass is 16.6. The molecule has 0 saturated carbocycles. The molecule has 1 rings (SSSR count). The summed E-state index contributed by atoms with van der Waals surface area (Å²) >= 11 is 0. The average molecular weight is 166 g/mol. The minimum atomic E-state index is -0.284. The van der Waals surface area contributed by atoms with E-state index in [9.17, 15) is 4.79 Å². The van der Waals surface area contributed by atoms with Gasteiger partial charge in [-0.2, -0.15) is 0 Å². The second kappa shape index (κ2) is 3.82. The number of nitrogens with one attached hydrogen (secondary N) is 1. The van der Waals surface area contributed by atoms with Crippen LogP contribution in [0.3, 0.4) is 0 Å². The van der Waals surface area contributed by atoms with Gasteiger partial charge in [0, 0.05) is 12.4 Å². The lowest BCUT2D eigenvalue weighted by molar-refractivity contribution is 0.0537. The van der Waals surface area contributed by atoms with E-state index < -0.39 is 0 Å². The highest BCUT2D eigenvalue weighted by molar-refractivity contribution is 5.93. The molecule has 0 saturated heterocycles. The van der Waals surface area contributed by atoms with E-state index in [4.69, 9.17) is 0 Å². The predicted octanol–water partition coefficient (Wildman–Crippen LogP) is 0.681. The SMILES string of the molecule is CONC(=O)c1cncc(C)c1. The Labute approximate surface area is 70.5 Å². The maximum atomic E-state index is 11.1. The third kappa shape index (κ3) is 2.03. The Morgan fingerprint density at radius 3 is 2.92 bits per heavy atom. The number of rotatable bonds is 2. The lowest BCUT2D eigenvalue weighted by atomic mass is 10.2. The Morgan fingerprint density at radius 1 is 1.58 bits per heavy atom. The van der Waals surface area contributed by atoms with Crippen LogP contribution in [0, 0.1) is 6.92 Å². The van der Waals surface area contributed by atoms with Gasteiger partial charge in [-0.1, -0.05) is 0 Å². The third-order valence-electron chi connectivity index (χ3n) is 1.33. The molecule has 1 aromatic heterocycles. The van der Waals surface area contributed by atoms with Crippen LogP contribution in [0.1, 0.15) is 15.9 Å². The minimum absolute atomic E-state index is 0.284. The summed E-state index contributed by atoms with van der Waals surface area (Å²) in [6, 6.07) is 1.74. The topological polar surface area (TPSA) is 51.2 Å². The van der Waals surface area contributed by atoms with E-state index in [-0.39, 0.29) is 5.91 Å². The van der Waals surface area contributed by atoms with Gasteiger partial charge in [0.15, 0.2) is 0 Å². The van der Waals surface area contributed by atoms with Crippen molar-refractivity contribution >= 4 is 5.91 Å². The number of hydrogen-bond donors (Lipinski definition) is 1. The highest BCUT2D eigenvalue weighted by Gasteiger charge is 2.03. The molecule has 0 aliphatic carbocycles. The molecule has 0 bridgehead atoms. The molecular formula is C8H10N2O2. The fourth-order valence-corrected chi connectivity index (χ4v) is 0.831. The zero-order valence-corrected chi connectivity index (χ0v) is 7.00. The Hall–Kier alpha value is -1.42. The maximum Gasteiger partial charge on any atom is 0.276 e. The Bertz CT molecular complexity index is 286. The molecule has 0 radical (unpaired) electrons. The average Bonchev–Trinajstić information content (AvgIpc) is 2.05. The lowest BCUT2D eigenvalue weighted by Gasteiger charge is -2.01. The molecule has 0 aliphatic heterocycles. The van der Waals surface area contributed by atoms with Crippen LogP contribution in [0.4, 0.5) is 0 Å². The van der Waals surface area contributed by atoms with Gasteiger partial charge < -0.3 is 0 Å². The first-order chi connectivity index (χ1) is 5.74. The molecule has 1 heterocycles. The summed E-state index contributed by atoms with van der Waals surface area (Å²) in [7, 11) is 1.39. The van der Waals surface area contributed by atoms with Crippen molar-refractivity contribution in [2.75, 3.05) is 7.11 Å². The summed E-state index contributed by atoms with van der Waals surface area (Å²) in [5.74, 6) is -0.284. The van der Waals surface area contributed by atoms with Crippen molar-refractivity contribution in [3.63, 3.8) is 0 Å². The van der Waals surface area contributed by atoms with Gasteiger partial charge in [0.1, 0.15) is 0 Å². The third-order valence-corrected chi connectivity index (χ3v) is 1.33. The maximum absolute atomic E-state index is 11.1. The van der Waals surface area contributed by atoms with Crippen LogP contribution in [0.5, 0.6) is 0 Å². The molecular weight excluding hydrogens is 156 g/mol. The number of hydroxylamine groups is 1. The molecule has 0 atom stereocenters. The zero-order chi connectivity index (χ0) is 8.97. The van der Waals surface area contributed by atoms with Gasteiger partial charge in [0.05, 0.1) is 12.7 Å². The number of pyridine rings is 1. The zero-order valence-electron chi connectivity index (χ0n) is 7.00. The van der Waals surface area contributed by atoms with E-state index in [1.807, 2.05) is 6.92 Å². The van der Waals surface area contributed by atoms with Crippen LogP contribution in [0.15, 0.2) is 18.5 Å². The number of carbonyl (C=O) groups excluding carboxylic acids is 1. The van der Waals surface area contributed by atoms with Crippen molar-refractivity contribution in [2.45, 2.75) is 6.92 Å². The van der Waals surface area contributed by atoms with Gasteiger partial charge in [-0.15, -0.1) is 0 Å². The molecule has 0 unspecified atom stereocenters. The number of aryl methyl sites for hydroxylation is 1. The molecule has 0 fully saturated rings. The Morgan fingerprint density at radius 2 is 2.33 bits per heavy atom. The summed E-state index contributed by atoms with van der Waals surface area (Å²) < 4.78 is 0. The van der Waals surface area contributed by atoms with Crippen molar-refractivity contribution in [1.82, 2.24) is 10.5 Å². The summed E-state index contributed by atoms with van der Waals surface area (Å²) in [6.07, 6.45) is 3.17.